The molecule has 2 rings (SSSR count). The molecule has 0 atom stereocenters. The first kappa shape index (κ1) is 17.3. The minimum Gasteiger partial charge on any atom is -0.475 e. The van der Waals surface area contributed by atoms with E-state index in [1.54, 1.807) is 0 Å². The van der Waals surface area contributed by atoms with Gasteiger partial charge in [-0.15, -0.1) is 0 Å². The second-order valence-electron chi connectivity index (χ2n) is 5.35. The number of anilines is 1. The van der Waals surface area contributed by atoms with Crippen molar-refractivity contribution in [1.82, 2.24) is 0 Å². The Morgan fingerprint density at radius 1 is 1.00 bits per heavy atom. The number of aliphatic carboxylic acids is 1. The average molecular weight is 329 g/mol. The maximum absolute atomic E-state index is 13.1. The minimum atomic E-state index is -1.65. The fraction of sp³-hybridized carbons (Fsp3) is 0.167. The summed E-state index contributed by atoms with van der Waals surface area (Å²) >= 11 is 0. The van der Waals surface area contributed by atoms with Crippen LogP contribution in [0.1, 0.15) is 17.5 Å². The summed E-state index contributed by atoms with van der Waals surface area (Å²) in [5.74, 6) is -3.95. The molecule has 0 bridgehead atoms. The van der Waals surface area contributed by atoms with Gasteiger partial charge in [0.2, 0.25) is 11.7 Å². The smallest absolute Gasteiger partial charge is 0.372 e. The van der Waals surface area contributed by atoms with Crippen LogP contribution in [-0.4, -0.2) is 22.8 Å². The lowest BCUT2D eigenvalue weighted by Gasteiger charge is -2.22. The lowest BCUT2D eigenvalue weighted by molar-refractivity contribution is -0.150. The zero-order chi connectivity index (χ0) is 17.7. The summed E-state index contributed by atoms with van der Waals surface area (Å²) in [4.78, 5) is 35.6. The van der Waals surface area contributed by atoms with Crippen LogP contribution in [0, 0.1) is 12.7 Å². The maximum atomic E-state index is 13.1. The van der Waals surface area contributed by atoms with E-state index >= 15 is 0 Å². The van der Waals surface area contributed by atoms with Gasteiger partial charge in [0.25, 0.3) is 0 Å². The van der Waals surface area contributed by atoms with Gasteiger partial charge in [0, 0.05) is 5.69 Å². The lowest BCUT2D eigenvalue weighted by Crippen LogP contribution is -2.33. The molecule has 0 heterocycles. The first-order valence-corrected chi connectivity index (χ1v) is 7.24. The molecule has 24 heavy (non-hydrogen) atoms. The zero-order valence-corrected chi connectivity index (χ0v) is 13.0. The first-order chi connectivity index (χ1) is 11.4. The lowest BCUT2D eigenvalue weighted by atomic mass is 10.1. The number of nitrogens with zero attached hydrogens (tertiary/aromatic N) is 1. The molecule has 1 N–H and O–H groups in total. The number of carboxylic acids is 1. The Morgan fingerprint density at radius 3 is 2.12 bits per heavy atom. The summed E-state index contributed by atoms with van der Waals surface area (Å²) in [6, 6.07) is 12.6. The number of rotatable bonds is 6. The van der Waals surface area contributed by atoms with E-state index in [2.05, 4.69) is 0 Å². The number of carbonyl (C=O) groups is 3. The van der Waals surface area contributed by atoms with Crippen molar-refractivity contribution in [3.63, 3.8) is 0 Å². The van der Waals surface area contributed by atoms with Crippen LogP contribution in [0.2, 0.25) is 0 Å². The van der Waals surface area contributed by atoms with Crippen LogP contribution >= 0.6 is 0 Å². The molecular formula is C18H16FNO4. The number of carbonyl (C=O) groups excluding carboxylic acids is 2. The summed E-state index contributed by atoms with van der Waals surface area (Å²) in [5.41, 5.74) is 2.25. The molecule has 0 spiro atoms. The molecule has 0 saturated carbocycles. The Balaban J connectivity index is 2.28. The Bertz CT molecular complexity index is 754. The third kappa shape index (κ3) is 4.49. The van der Waals surface area contributed by atoms with E-state index < -0.39 is 29.9 Å². The number of aryl methyl sites for hydroxylation is 1. The van der Waals surface area contributed by atoms with E-state index in [0.29, 0.717) is 5.69 Å². The van der Waals surface area contributed by atoms with Gasteiger partial charge in [-0.2, -0.15) is 0 Å². The van der Waals surface area contributed by atoms with Gasteiger partial charge in [0.15, 0.2) is 0 Å². The van der Waals surface area contributed by atoms with Gasteiger partial charge in [0.05, 0.1) is 13.0 Å². The summed E-state index contributed by atoms with van der Waals surface area (Å²) in [6.07, 6.45) is -0.751. The van der Waals surface area contributed by atoms with Crippen LogP contribution < -0.4 is 4.90 Å². The van der Waals surface area contributed by atoms with Crippen LogP contribution in [0.5, 0.6) is 0 Å². The van der Waals surface area contributed by atoms with Crippen molar-refractivity contribution in [2.45, 2.75) is 19.9 Å². The second kappa shape index (κ2) is 7.50. The number of amides is 1. The third-order valence-corrected chi connectivity index (χ3v) is 3.45. The van der Waals surface area contributed by atoms with Gasteiger partial charge in [-0.05, 0) is 36.8 Å². The van der Waals surface area contributed by atoms with E-state index in [1.807, 2.05) is 31.2 Å². The van der Waals surface area contributed by atoms with Gasteiger partial charge in [-0.25, -0.2) is 9.18 Å². The molecule has 6 heteroatoms. The van der Waals surface area contributed by atoms with Crippen LogP contribution in [0.15, 0.2) is 48.5 Å². The number of Topliss-reactive ketones (excluding diaryl/α,β-unsaturated/α-hetero) is 1. The minimum absolute atomic E-state index is 0.150. The van der Waals surface area contributed by atoms with Crippen molar-refractivity contribution in [3.05, 3.63) is 65.5 Å². The highest BCUT2D eigenvalue weighted by Gasteiger charge is 2.23. The number of hydrogen-bond acceptors (Lipinski definition) is 3. The van der Waals surface area contributed by atoms with Crippen LogP contribution in [0.4, 0.5) is 10.1 Å². The number of benzene rings is 2. The average Bonchev–Trinajstić information content (AvgIpc) is 2.55. The molecule has 0 aliphatic rings. The predicted molar refractivity (Wildman–Crippen MR) is 86.0 cm³/mol. The number of ketones is 1. The Hall–Kier alpha value is -3.02. The van der Waals surface area contributed by atoms with E-state index in [-0.39, 0.29) is 6.54 Å². The highest BCUT2D eigenvalue weighted by atomic mass is 19.1. The fourth-order valence-corrected chi connectivity index (χ4v) is 2.13. The second-order valence-corrected chi connectivity index (χ2v) is 5.35. The van der Waals surface area contributed by atoms with Crippen molar-refractivity contribution in [2.24, 2.45) is 0 Å². The Labute approximate surface area is 138 Å². The third-order valence-electron chi connectivity index (χ3n) is 3.45. The van der Waals surface area contributed by atoms with Gasteiger partial charge < -0.3 is 10.0 Å². The monoisotopic (exact) mass is 329 g/mol. The van der Waals surface area contributed by atoms with Crippen LogP contribution in [0.3, 0.4) is 0 Å². The van der Waals surface area contributed by atoms with E-state index in [1.165, 1.54) is 29.2 Å². The topological polar surface area (TPSA) is 74.7 Å². The largest absolute Gasteiger partial charge is 0.475 e. The normalized spacial score (nSPS) is 10.2. The van der Waals surface area contributed by atoms with Gasteiger partial charge in [0.1, 0.15) is 5.82 Å². The summed E-state index contributed by atoms with van der Waals surface area (Å²) < 4.78 is 13.1. The number of halogens is 1. The van der Waals surface area contributed by atoms with Crippen molar-refractivity contribution < 1.29 is 23.9 Å². The molecule has 0 fully saturated rings. The van der Waals surface area contributed by atoms with Crippen molar-refractivity contribution in [3.8, 4) is 0 Å². The predicted octanol–water partition coefficient (Wildman–Crippen LogP) is 2.71. The SMILES string of the molecule is Cc1ccc(CN(C(=O)CC(=O)C(=O)O)c2ccc(F)cc2)cc1. The van der Waals surface area contributed by atoms with Gasteiger partial charge in [-0.3, -0.25) is 9.59 Å². The summed E-state index contributed by atoms with van der Waals surface area (Å²) in [7, 11) is 0. The van der Waals surface area contributed by atoms with Crippen molar-refractivity contribution in [2.75, 3.05) is 4.90 Å². The number of hydrogen-bond donors (Lipinski definition) is 1. The number of carboxylic acid groups (broad SMARTS) is 1. The molecule has 2 aromatic rings. The molecule has 0 radical (unpaired) electrons. The van der Waals surface area contributed by atoms with E-state index in [4.69, 9.17) is 5.11 Å². The first-order valence-electron chi connectivity index (χ1n) is 7.24. The molecule has 0 aliphatic carbocycles. The molecule has 5 nitrogen and oxygen atoms in total. The fourth-order valence-electron chi connectivity index (χ4n) is 2.13. The molecular weight excluding hydrogens is 313 g/mol. The van der Waals surface area contributed by atoms with Crippen molar-refractivity contribution in [1.29, 1.82) is 0 Å². The van der Waals surface area contributed by atoms with Crippen LogP contribution in [-0.2, 0) is 20.9 Å². The molecule has 124 valence electrons. The summed E-state index contributed by atoms with van der Waals surface area (Å²) in [6.45, 7) is 2.08. The molecule has 2 aromatic carbocycles. The highest BCUT2D eigenvalue weighted by Crippen LogP contribution is 2.19. The zero-order valence-electron chi connectivity index (χ0n) is 13.0. The highest BCUT2D eigenvalue weighted by molar-refractivity contribution is 6.36. The molecule has 1 amide bonds. The van der Waals surface area contributed by atoms with Gasteiger partial charge in [-0.1, -0.05) is 29.8 Å². The van der Waals surface area contributed by atoms with E-state index in [0.717, 1.165) is 11.1 Å². The van der Waals surface area contributed by atoms with Gasteiger partial charge >= 0.3 is 5.97 Å². The Kier molecular flexibility index (Phi) is 5.42. The Morgan fingerprint density at radius 2 is 1.58 bits per heavy atom. The molecule has 0 aliphatic heterocycles. The molecule has 0 unspecified atom stereocenters. The standard InChI is InChI=1S/C18H16FNO4/c1-12-2-4-13(5-3-12)11-20(15-8-6-14(19)7-9-15)17(22)10-16(21)18(23)24/h2-9H,10-11H2,1H3,(H,23,24). The van der Waals surface area contributed by atoms with Crippen molar-refractivity contribution >= 4 is 23.3 Å². The molecule has 0 aromatic heterocycles. The molecule has 0 saturated heterocycles. The quantitative estimate of drug-likeness (QED) is 0.653. The summed E-state index contributed by atoms with van der Waals surface area (Å²) in [5, 5.41) is 8.67. The maximum Gasteiger partial charge on any atom is 0.372 e. The van der Waals surface area contributed by atoms with Crippen LogP contribution in [0.25, 0.3) is 0 Å². The van der Waals surface area contributed by atoms with E-state index in [9.17, 15) is 18.8 Å².